The van der Waals surface area contributed by atoms with Gasteiger partial charge in [-0.25, -0.2) is 4.57 Å². The molecule has 3 N–H and O–H groups in total. The van der Waals surface area contributed by atoms with Crippen molar-refractivity contribution >= 4 is 13.7 Å². The lowest BCUT2D eigenvalue weighted by Crippen LogP contribution is -2.45. The highest BCUT2D eigenvalue weighted by molar-refractivity contribution is 7.47. The van der Waals surface area contributed by atoms with Crippen LogP contribution in [0.2, 0.25) is 0 Å². The van der Waals surface area contributed by atoms with E-state index in [-0.39, 0.29) is 19.1 Å². The second kappa shape index (κ2) is 63.2. The Hall–Kier alpha value is -1.28. The molecule has 3 atom stereocenters. The highest BCUT2D eigenvalue weighted by Crippen LogP contribution is 2.43. The molecule has 0 radical (unpaired) electrons. The number of amides is 1. The number of hydrogen-bond donors (Lipinski definition) is 3. The smallest absolute Gasteiger partial charge is 0.387 e. The molecule has 0 aromatic carbocycles. The second-order valence-electron chi connectivity index (χ2n) is 26.0. The second-order valence-corrected chi connectivity index (χ2v) is 27.4. The van der Waals surface area contributed by atoms with Gasteiger partial charge in [-0.2, -0.15) is 0 Å². The number of phosphoric ester groups is 1. The number of nitrogens with one attached hydrogen (secondary N) is 1. The topological polar surface area (TPSA) is 105 Å². The first kappa shape index (κ1) is 79.7. The molecule has 480 valence electrons. The van der Waals surface area contributed by atoms with E-state index in [0.717, 1.165) is 44.9 Å². The average molecular weight is 1160 g/mol. The van der Waals surface area contributed by atoms with Crippen LogP contribution in [0.25, 0.3) is 0 Å². The van der Waals surface area contributed by atoms with Crippen LogP contribution in [0, 0.1) is 0 Å². The van der Waals surface area contributed by atoms with Gasteiger partial charge in [-0.15, -0.1) is 0 Å². The quantitative estimate of drug-likeness (QED) is 0.0243. The molecule has 0 aromatic heterocycles. The van der Waals surface area contributed by atoms with Crippen molar-refractivity contribution in [3.05, 3.63) is 36.5 Å². The van der Waals surface area contributed by atoms with E-state index in [1.54, 1.807) is 6.08 Å². The van der Waals surface area contributed by atoms with Crippen LogP contribution in [-0.4, -0.2) is 73.4 Å². The minimum Gasteiger partial charge on any atom is -0.387 e. The van der Waals surface area contributed by atoms with Crippen LogP contribution in [0.1, 0.15) is 367 Å². The van der Waals surface area contributed by atoms with Crippen molar-refractivity contribution in [1.82, 2.24) is 5.32 Å². The molecule has 81 heavy (non-hydrogen) atoms. The molecule has 0 saturated carbocycles. The monoisotopic (exact) mass is 1160 g/mol. The Labute approximate surface area is 506 Å². The number of rotatable bonds is 67. The summed E-state index contributed by atoms with van der Waals surface area (Å²) < 4.78 is 23.8. The molecule has 9 heteroatoms. The molecule has 0 heterocycles. The molecule has 0 saturated heterocycles. The Morgan fingerprint density at radius 1 is 0.407 bits per heavy atom. The summed E-state index contributed by atoms with van der Waals surface area (Å²) in [5.41, 5.74) is 0. The van der Waals surface area contributed by atoms with Gasteiger partial charge < -0.3 is 19.8 Å². The van der Waals surface area contributed by atoms with Crippen molar-refractivity contribution in [3.63, 3.8) is 0 Å². The molecule has 0 rings (SSSR count). The lowest BCUT2D eigenvalue weighted by molar-refractivity contribution is -0.870. The third kappa shape index (κ3) is 66.1. The standard InChI is InChI=1S/C72H141N2O6P/c1-6-8-10-12-14-16-18-20-22-24-26-28-30-32-34-36-38-40-42-44-46-48-50-52-54-56-58-60-62-64-66-72(76)73-70(69-80-81(77,78)79-68-67-74(3,4)5)71(75)65-63-61-59-57-55-53-51-49-47-45-43-41-39-37-35-33-31-29-27-25-23-21-19-17-15-13-11-9-7-2/h47,49,55,57,63,65,70-71,75H,6-46,48,50-54,56,58-62,64,66-69H2,1-5H3,(H-,73,76,77,78)/p+1/b49-47+,57-55+,65-63+. The van der Waals surface area contributed by atoms with Crippen molar-refractivity contribution in [2.45, 2.75) is 379 Å². The molecular weight excluding hydrogens is 1020 g/mol. The van der Waals surface area contributed by atoms with Crippen molar-refractivity contribution in [2.24, 2.45) is 0 Å². The number of aliphatic hydroxyl groups is 1. The fourth-order valence-corrected chi connectivity index (χ4v) is 11.8. The predicted octanol–water partition coefficient (Wildman–Crippen LogP) is 22.8. The fraction of sp³-hybridized carbons (Fsp3) is 0.903. The van der Waals surface area contributed by atoms with Crippen LogP contribution in [0.3, 0.4) is 0 Å². The number of nitrogens with zero attached hydrogens (tertiary/aromatic N) is 1. The zero-order chi connectivity index (χ0) is 59.1. The molecule has 3 unspecified atom stereocenters. The highest BCUT2D eigenvalue weighted by Gasteiger charge is 2.28. The molecule has 0 fully saturated rings. The number of likely N-dealkylation sites (N-methyl/N-ethyl adjacent to an activating group) is 1. The van der Waals surface area contributed by atoms with E-state index in [2.05, 4.69) is 43.5 Å². The van der Waals surface area contributed by atoms with E-state index >= 15 is 0 Å². The zero-order valence-corrected chi connectivity index (χ0v) is 55.9. The van der Waals surface area contributed by atoms with Gasteiger partial charge in [0.2, 0.25) is 5.91 Å². The summed E-state index contributed by atoms with van der Waals surface area (Å²) in [5, 5.41) is 14.0. The molecule has 0 aliphatic carbocycles. The van der Waals surface area contributed by atoms with Gasteiger partial charge in [-0.3, -0.25) is 13.8 Å². The third-order valence-corrected chi connectivity index (χ3v) is 17.6. The van der Waals surface area contributed by atoms with Crippen LogP contribution in [0.4, 0.5) is 0 Å². The van der Waals surface area contributed by atoms with Gasteiger partial charge in [-0.05, 0) is 44.9 Å². The van der Waals surface area contributed by atoms with Crippen molar-refractivity contribution in [1.29, 1.82) is 0 Å². The Balaban J connectivity index is 4.08. The zero-order valence-electron chi connectivity index (χ0n) is 55.1. The van der Waals surface area contributed by atoms with Crippen LogP contribution in [0.5, 0.6) is 0 Å². The van der Waals surface area contributed by atoms with Crippen molar-refractivity contribution < 1.29 is 32.9 Å². The molecule has 8 nitrogen and oxygen atoms in total. The number of unbranched alkanes of at least 4 members (excludes halogenated alkanes) is 50. The number of quaternary nitrogens is 1. The molecule has 0 bridgehead atoms. The minimum atomic E-state index is -4.36. The number of carbonyl (C=O) groups is 1. The van der Waals surface area contributed by atoms with E-state index < -0.39 is 20.0 Å². The van der Waals surface area contributed by atoms with Crippen molar-refractivity contribution in [2.75, 3.05) is 40.9 Å². The van der Waals surface area contributed by atoms with Gasteiger partial charge in [-0.1, -0.05) is 352 Å². The maximum absolute atomic E-state index is 13.0. The lowest BCUT2D eigenvalue weighted by atomic mass is 10.0. The maximum atomic E-state index is 13.0. The predicted molar refractivity (Wildman–Crippen MR) is 355 cm³/mol. The van der Waals surface area contributed by atoms with Crippen LogP contribution >= 0.6 is 7.82 Å². The fourth-order valence-electron chi connectivity index (χ4n) is 11.0. The summed E-state index contributed by atoms with van der Waals surface area (Å²) in [6.45, 7) is 4.85. The molecule has 0 aromatic rings. The third-order valence-electron chi connectivity index (χ3n) is 16.6. The largest absolute Gasteiger partial charge is 0.472 e. The van der Waals surface area contributed by atoms with E-state index in [1.165, 1.54) is 302 Å². The summed E-state index contributed by atoms with van der Waals surface area (Å²) in [6, 6.07) is -0.870. The molecule has 0 aliphatic heterocycles. The summed E-state index contributed by atoms with van der Waals surface area (Å²) >= 11 is 0. The summed E-state index contributed by atoms with van der Waals surface area (Å²) in [6.07, 6.45) is 84.6. The van der Waals surface area contributed by atoms with Crippen LogP contribution in [0.15, 0.2) is 36.5 Å². The van der Waals surface area contributed by atoms with E-state index in [1.807, 2.05) is 27.2 Å². The molecular formula is C72H142N2O6P+. The SMILES string of the molecule is CCCCCCCCCCCCCCCCCCCCC/C=C/CC/C=C/CC/C=C/C(O)C(COP(=O)(O)OCC[N+](C)(C)C)NC(=O)CCCCCCCCCCCCCCCCCCCCCCCCCCCCCCCC. The van der Waals surface area contributed by atoms with E-state index in [0.29, 0.717) is 17.4 Å². The number of carbonyl (C=O) groups excluding carboxylic acids is 1. The van der Waals surface area contributed by atoms with E-state index in [4.69, 9.17) is 9.05 Å². The lowest BCUT2D eigenvalue weighted by Gasteiger charge is -2.25. The van der Waals surface area contributed by atoms with Gasteiger partial charge in [0.1, 0.15) is 13.2 Å². The van der Waals surface area contributed by atoms with Gasteiger partial charge in [0.05, 0.1) is 39.9 Å². The Kier molecular flexibility index (Phi) is 62.2. The molecule has 0 spiro atoms. The molecule has 0 aliphatic rings. The summed E-state index contributed by atoms with van der Waals surface area (Å²) in [4.78, 5) is 23.4. The first-order chi connectivity index (χ1) is 39.5. The van der Waals surface area contributed by atoms with Gasteiger partial charge in [0, 0.05) is 6.42 Å². The first-order valence-corrected chi connectivity index (χ1v) is 37.4. The van der Waals surface area contributed by atoms with Crippen LogP contribution in [-0.2, 0) is 18.4 Å². The van der Waals surface area contributed by atoms with Crippen LogP contribution < -0.4 is 5.32 Å². The van der Waals surface area contributed by atoms with E-state index in [9.17, 15) is 19.4 Å². The number of phosphoric acid groups is 1. The number of aliphatic hydroxyl groups excluding tert-OH is 1. The Morgan fingerprint density at radius 3 is 0.988 bits per heavy atom. The Morgan fingerprint density at radius 2 is 0.679 bits per heavy atom. The Bertz CT molecular complexity index is 1410. The van der Waals surface area contributed by atoms with Gasteiger partial charge >= 0.3 is 7.82 Å². The summed E-state index contributed by atoms with van der Waals surface area (Å²) in [7, 11) is 1.56. The average Bonchev–Trinajstić information content (AvgIpc) is 3.43. The minimum absolute atomic E-state index is 0.0555. The molecule has 1 amide bonds. The highest BCUT2D eigenvalue weighted by atomic mass is 31.2. The van der Waals surface area contributed by atoms with Gasteiger partial charge in [0.15, 0.2) is 0 Å². The van der Waals surface area contributed by atoms with Gasteiger partial charge in [0.25, 0.3) is 0 Å². The number of hydrogen-bond acceptors (Lipinski definition) is 5. The normalized spacial score (nSPS) is 13.8. The summed E-state index contributed by atoms with van der Waals surface area (Å²) in [5.74, 6) is -0.183. The first-order valence-electron chi connectivity index (χ1n) is 35.9. The van der Waals surface area contributed by atoms with Crippen molar-refractivity contribution in [3.8, 4) is 0 Å². The maximum Gasteiger partial charge on any atom is 0.472 e. The number of allylic oxidation sites excluding steroid dienone is 5.